The van der Waals surface area contributed by atoms with Gasteiger partial charge in [0, 0.05) is 39.3 Å². The molecule has 0 spiro atoms. The molecule has 2 heterocycles. The van der Waals surface area contributed by atoms with E-state index < -0.39 is 5.97 Å². The Morgan fingerprint density at radius 2 is 0.930 bits per heavy atom. The molecule has 43 heavy (non-hydrogen) atoms. The fourth-order valence-electron chi connectivity index (χ4n) is 5.98. The van der Waals surface area contributed by atoms with Crippen molar-refractivity contribution in [2.24, 2.45) is 0 Å². The molecular weight excluding hydrogens is 564 g/mol. The first-order valence-corrected chi connectivity index (χ1v) is 18.5. The van der Waals surface area contributed by atoms with Crippen molar-refractivity contribution in [3.63, 3.8) is 0 Å². The number of rotatable bonds is 25. The number of alkyl halides is 1. The normalized spacial score (nSPS) is 18.7. The van der Waals surface area contributed by atoms with Crippen LogP contribution in [-0.4, -0.2) is 102 Å². The van der Waals surface area contributed by atoms with Crippen LogP contribution in [0.4, 0.5) is 0 Å². The molecule has 0 aromatic rings. The third-order valence-corrected chi connectivity index (χ3v) is 8.72. The lowest BCUT2D eigenvalue weighted by Gasteiger charge is -2.22. The number of nitrogens with zero attached hydrogens (tertiary/aromatic N) is 2. The van der Waals surface area contributed by atoms with Crippen molar-refractivity contribution >= 4 is 17.6 Å². The number of aliphatic hydroxyl groups excluding tert-OH is 2. The monoisotopic (exact) mass is 635 g/mol. The molecule has 0 saturated carbocycles. The van der Waals surface area contributed by atoms with Gasteiger partial charge in [-0.3, -0.25) is 14.6 Å². The van der Waals surface area contributed by atoms with Gasteiger partial charge in [0.2, 0.25) is 0 Å². The van der Waals surface area contributed by atoms with Gasteiger partial charge in [-0.05, 0) is 12.8 Å². The lowest BCUT2D eigenvalue weighted by Crippen LogP contribution is -2.37. The van der Waals surface area contributed by atoms with Gasteiger partial charge in [-0.1, -0.05) is 129 Å². The van der Waals surface area contributed by atoms with E-state index in [1.807, 2.05) is 0 Å². The van der Waals surface area contributed by atoms with Gasteiger partial charge in [0.25, 0.3) is 0 Å². The SMILES string of the molecule is CCCCCCCCCCCC1NCCN1CCO.CCCCCCCCCCCC1NCCN1CCO.O=C(O)CCl. The van der Waals surface area contributed by atoms with Crippen LogP contribution in [0.25, 0.3) is 0 Å². The molecule has 2 aliphatic heterocycles. The Hall–Kier alpha value is -0.480. The first kappa shape index (κ1) is 42.5. The number of β-amino-alcohol motifs (C(OH)–C–C–N with tert-alkyl or cyclic N) is 2. The predicted molar refractivity (Wildman–Crippen MR) is 183 cm³/mol. The van der Waals surface area contributed by atoms with Crippen molar-refractivity contribution in [3.8, 4) is 0 Å². The minimum absolute atomic E-state index is 0.288. The van der Waals surface area contributed by atoms with Gasteiger partial charge in [0.1, 0.15) is 5.88 Å². The zero-order valence-corrected chi connectivity index (χ0v) is 28.9. The maximum Gasteiger partial charge on any atom is 0.318 e. The minimum atomic E-state index is -0.980. The average molecular weight is 635 g/mol. The second kappa shape index (κ2) is 32.9. The van der Waals surface area contributed by atoms with Crippen molar-refractivity contribution in [1.82, 2.24) is 20.4 Å². The van der Waals surface area contributed by atoms with Crippen LogP contribution in [0.2, 0.25) is 0 Å². The summed E-state index contributed by atoms with van der Waals surface area (Å²) in [6.07, 6.45) is 28.7. The summed E-state index contributed by atoms with van der Waals surface area (Å²) in [5.74, 6) is -1.29. The number of carboxylic acids is 1. The van der Waals surface area contributed by atoms with Crippen LogP contribution in [-0.2, 0) is 4.79 Å². The number of nitrogens with one attached hydrogen (secondary N) is 2. The Morgan fingerprint density at radius 3 is 1.21 bits per heavy atom. The van der Waals surface area contributed by atoms with E-state index in [2.05, 4.69) is 34.3 Å². The summed E-state index contributed by atoms with van der Waals surface area (Å²) in [7, 11) is 0. The second-order valence-corrected chi connectivity index (χ2v) is 12.5. The van der Waals surface area contributed by atoms with Gasteiger partial charge in [-0.25, -0.2) is 0 Å². The van der Waals surface area contributed by atoms with Crippen molar-refractivity contribution in [2.45, 2.75) is 155 Å². The van der Waals surface area contributed by atoms with E-state index in [1.54, 1.807) is 0 Å². The molecule has 0 bridgehead atoms. The standard InChI is InChI=1S/2C16H34N2O.C2H3ClO2/c2*1-2-3-4-5-6-7-8-9-10-11-16-17-12-13-18(16)14-15-19;3-1-2(4)5/h2*16-17,19H,2-15H2,1H3;1H2,(H,4,5). The first-order valence-electron chi connectivity index (χ1n) is 18.0. The summed E-state index contributed by atoms with van der Waals surface area (Å²) in [4.78, 5) is 14.0. The maximum atomic E-state index is 9.24. The van der Waals surface area contributed by atoms with Crippen LogP contribution >= 0.6 is 11.6 Å². The van der Waals surface area contributed by atoms with Gasteiger partial charge in [0.05, 0.1) is 25.5 Å². The summed E-state index contributed by atoms with van der Waals surface area (Å²) < 4.78 is 0. The zero-order chi connectivity index (χ0) is 31.8. The summed E-state index contributed by atoms with van der Waals surface area (Å²) in [5, 5.41) is 32.7. The zero-order valence-electron chi connectivity index (χ0n) is 28.2. The quantitative estimate of drug-likeness (QED) is 0.0567. The van der Waals surface area contributed by atoms with E-state index in [0.29, 0.717) is 12.3 Å². The molecule has 0 amide bonds. The molecule has 0 aliphatic carbocycles. The summed E-state index contributed by atoms with van der Waals surface area (Å²) in [6.45, 7) is 11.2. The molecule has 9 heteroatoms. The first-order chi connectivity index (χ1) is 21.0. The Balaban J connectivity index is 0.000000709. The summed E-state index contributed by atoms with van der Waals surface area (Å²) in [6, 6.07) is 0. The fraction of sp³-hybridized carbons (Fsp3) is 0.971. The Morgan fingerprint density at radius 1 is 0.628 bits per heavy atom. The van der Waals surface area contributed by atoms with E-state index in [0.717, 1.165) is 39.3 Å². The molecule has 2 saturated heterocycles. The third kappa shape index (κ3) is 26.4. The van der Waals surface area contributed by atoms with Gasteiger partial charge in [0.15, 0.2) is 0 Å². The molecule has 0 radical (unpaired) electrons. The highest BCUT2D eigenvalue weighted by atomic mass is 35.5. The molecule has 5 N–H and O–H groups in total. The Labute approximate surface area is 270 Å². The molecule has 2 fully saturated rings. The third-order valence-electron chi connectivity index (χ3n) is 8.49. The average Bonchev–Trinajstić information content (AvgIpc) is 3.65. The Kier molecular flexibility index (Phi) is 32.5. The molecule has 8 nitrogen and oxygen atoms in total. The number of carbonyl (C=O) groups is 1. The predicted octanol–water partition coefficient (Wildman–Crippen LogP) is 6.57. The molecule has 0 aromatic heterocycles. The van der Waals surface area contributed by atoms with Gasteiger partial charge >= 0.3 is 5.97 Å². The van der Waals surface area contributed by atoms with Crippen molar-refractivity contribution < 1.29 is 20.1 Å². The van der Waals surface area contributed by atoms with Crippen LogP contribution < -0.4 is 10.6 Å². The highest BCUT2D eigenvalue weighted by Gasteiger charge is 2.23. The van der Waals surface area contributed by atoms with Crippen LogP contribution in [0.5, 0.6) is 0 Å². The molecule has 258 valence electrons. The lowest BCUT2D eigenvalue weighted by molar-refractivity contribution is -0.134. The highest BCUT2D eigenvalue weighted by molar-refractivity contribution is 6.26. The molecule has 2 aliphatic rings. The molecule has 2 atom stereocenters. The van der Waals surface area contributed by atoms with Crippen molar-refractivity contribution in [2.75, 3.05) is 58.4 Å². The van der Waals surface area contributed by atoms with Crippen molar-refractivity contribution in [3.05, 3.63) is 0 Å². The molecular formula is C34H71ClN4O4. The number of carboxylic acid groups (broad SMARTS) is 1. The Bertz CT molecular complexity index is 549. The van der Waals surface area contributed by atoms with Gasteiger partial charge < -0.3 is 26.0 Å². The van der Waals surface area contributed by atoms with Gasteiger partial charge in [-0.2, -0.15) is 0 Å². The smallest absolute Gasteiger partial charge is 0.318 e. The summed E-state index contributed by atoms with van der Waals surface area (Å²) in [5.41, 5.74) is 0. The number of aliphatic carboxylic acids is 1. The van der Waals surface area contributed by atoms with Crippen LogP contribution in [0, 0.1) is 0 Å². The minimum Gasteiger partial charge on any atom is -0.480 e. The lowest BCUT2D eigenvalue weighted by atomic mass is 10.1. The largest absolute Gasteiger partial charge is 0.480 e. The van der Waals surface area contributed by atoms with E-state index in [4.69, 9.17) is 26.9 Å². The highest BCUT2D eigenvalue weighted by Crippen LogP contribution is 2.15. The maximum absolute atomic E-state index is 9.24. The molecule has 0 aromatic carbocycles. The number of unbranched alkanes of at least 4 members (excludes halogenated alkanes) is 16. The van der Waals surface area contributed by atoms with Crippen LogP contribution in [0.3, 0.4) is 0 Å². The number of hydrogen-bond donors (Lipinski definition) is 5. The fourth-order valence-corrected chi connectivity index (χ4v) is 5.98. The topological polar surface area (TPSA) is 108 Å². The van der Waals surface area contributed by atoms with E-state index >= 15 is 0 Å². The van der Waals surface area contributed by atoms with E-state index in [9.17, 15) is 4.79 Å². The molecule has 2 unspecified atom stereocenters. The van der Waals surface area contributed by atoms with Gasteiger partial charge in [-0.15, -0.1) is 11.6 Å². The van der Waals surface area contributed by atoms with Crippen LogP contribution in [0.15, 0.2) is 0 Å². The van der Waals surface area contributed by atoms with E-state index in [-0.39, 0.29) is 19.1 Å². The number of hydrogen-bond acceptors (Lipinski definition) is 7. The van der Waals surface area contributed by atoms with Crippen LogP contribution in [0.1, 0.15) is 142 Å². The summed E-state index contributed by atoms with van der Waals surface area (Å²) >= 11 is 4.74. The number of aliphatic hydroxyl groups is 2. The van der Waals surface area contributed by atoms with E-state index in [1.165, 1.54) is 128 Å². The second-order valence-electron chi connectivity index (χ2n) is 12.2. The number of halogens is 1. The van der Waals surface area contributed by atoms with Crippen molar-refractivity contribution in [1.29, 1.82) is 0 Å². The molecule has 2 rings (SSSR count).